The predicted octanol–water partition coefficient (Wildman–Crippen LogP) is 5.77. The molecule has 1 aliphatic carbocycles. The van der Waals surface area contributed by atoms with Crippen molar-refractivity contribution >= 4 is 46.1 Å². The lowest BCUT2D eigenvalue weighted by atomic mass is 10.1. The summed E-state index contributed by atoms with van der Waals surface area (Å²) in [7, 11) is 3.95. The maximum atomic E-state index is 13.4. The maximum Gasteiger partial charge on any atom is 0.265 e. The predicted molar refractivity (Wildman–Crippen MR) is 132 cm³/mol. The third-order valence-corrected chi connectivity index (χ3v) is 6.69. The largest absolute Gasteiger partial charge is 0.377 e. The molecule has 0 unspecified atom stereocenters. The summed E-state index contributed by atoms with van der Waals surface area (Å²) in [5.41, 5.74) is 3.20. The van der Waals surface area contributed by atoms with Crippen molar-refractivity contribution in [1.29, 1.82) is 0 Å². The molecule has 1 fully saturated rings. The summed E-state index contributed by atoms with van der Waals surface area (Å²) in [6.07, 6.45) is 2.29. The highest BCUT2D eigenvalue weighted by atomic mass is 35.5. The molecule has 1 aliphatic rings. The normalized spacial score (nSPS) is 13.0. The third kappa shape index (κ3) is 5.31. The van der Waals surface area contributed by atoms with Gasteiger partial charge in [-0.25, -0.2) is 0 Å². The van der Waals surface area contributed by atoms with E-state index in [0.717, 1.165) is 24.1 Å². The van der Waals surface area contributed by atoms with Crippen molar-refractivity contribution in [3.63, 3.8) is 0 Å². The second-order valence-corrected chi connectivity index (χ2v) is 9.63. The van der Waals surface area contributed by atoms with Crippen LogP contribution >= 0.6 is 22.9 Å². The second kappa shape index (κ2) is 9.76. The van der Waals surface area contributed by atoms with Crippen LogP contribution < -0.4 is 10.2 Å². The van der Waals surface area contributed by atoms with Crippen LogP contribution in [0.25, 0.3) is 0 Å². The minimum absolute atomic E-state index is 0.0692. The number of hydrogen-bond donors (Lipinski definition) is 1. The standard InChI is InChI=1S/C25H26ClN3O2S/c1-28(2)22-12-11-19(27-24(30)23-8-5-13-32-23)14-18(22)16-29(15-17-9-10-17)25(31)20-6-3-4-7-21(20)26/h3-8,11-14,17H,9-10,15-16H2,1-2H3,(H,27,30). The number of nitrogens with zero attached hydrogens (tertiary/aromatic N) is 2. The highest BCUT2D eigenvalue weighted by Gasteiger charge is 2.29. The third-order valence-electron chi connectivity index (χ3n) is 5.49. The number of hydrogen-bond acceptors (Lipinski definition) is 4. The number of amides is 2. The molecule has 1 saturated carbocycles. The van der Waals surface area contributed by atoms with Crippen molar-refractivity contribution < 1.29 is 9.59 Å². The highest BCUT2D eigenvalue weighted by Crippen LogP contribution is 2.33. The Morgan fingerprint density at radius 1 is 1.09 bits per heavy atom. The molecule has 0 atom stereocenters. The van der Waals surface area contributed by atoms with Crippen LogP contribution in [0.3, 0.4) is 0 Å². The smallest absolute Gasteiger partial charge is 0.265 e. The Morgan fingerprint density at radius 2 is 1.88 bits per heavy atom. The van der Waals surface area contributed by atoms with Gasteiger partial charge in [-0.1, -0.05) is 29.8 Å². The van der Waals surface area contributed by atoms with E-state index in [9.17, 15) is 9.59 Å². The van der Waals surface area contributed by atoms with Gasteiger partial charge in [-0.15, -0.1) is 11.3 Å². The van der Waals surface area contributed by atoms with E-state index < -0.39 is 0 Å². The lowest BCUT2D eigenvalue weighted by Gasteiger charge is -2.27. The fourth-order valence-electron chi connectivity index (χ4n) is 3.67. The first-order valence-corrected chi connectivity index (χ1v) is 11.9. The molecule has 0 radical (unpaired) electrons. The average molecular weight is 468 g/mol. The first-order chi connectivity index (χ1) is 15.4. The van der Waals surface area contributed by atoms with Gasteiger partial charge in [0.15, 0.2) is 0 Å². The number of rotatable bonds is 8. The summed E-state index contributed by atoms with van der Waals surface area (Å²) in [5.74, 6) is 0.330. The van der Waals surface area contributed by atoms with E-state index in [4.69, 9.17) is 11.6 Å². The summed E-state index contributed by atoms with van der Waals surface area (Å²) in [5, 5.41) is 5.32. The summed E-state index contributed by atoms with van der Waals surface area (Å²) >= 11 is 7.73. The number of halogens is 1. The van der Waals surface area contributed by atoms with Crippen molar-refractivity contribution in [2.24, 2.45) is 5.92 Å². The molecule has 32 heavy (non-hydrogen) atoms. The summed E-state index contributed by atoms with van der Waals surface area (Å²) in [6, 6.07) is 16.7. The van der Waals surface area contributed by atoms with E-state index >= 15 is 0 Å². The van der Waals surface area contributed by atoms with Gasteiger partial charge in [0.1, 0.15) is 0 Å². The SMILES string of the molecule is CN(C)c1ccc(NC(=O)c2cccs2)cc1CN(CC1CC1)C(=O)c1ccccc1Cl. The molecule has 1 aromatic heterocycles. The Morgan fingerprint density at radius 3 is 2.53 bits per heavy atom. The van der Waals surface area contributed by atoms with Gasteiger partial charge < -0.3 is 15.1 Å². The van der Waals surface area contributed by atoms with E-state index in [0.29, 0.717) is 40.2 Å². The van der Waals surface area contributed by atoms with Gasteiger partial charge in [-0.2, -0.15) is 0 Å². The molecule has 2 aromatic carbocycles. The Kier molecular flexibility index (Phi) is 6.82. The van der Waals surface area contributed by atoms with Gasteiger partial charge in [0.2, 0.25) is 0 Å². The monoisotopic (exact) mass is 467 g/mol. The first-order valence-electron chi connectivity index (χ1n) is 10.6. The molecule has 166 valence electrons. The van der Waals surface area contributed by atoms with Crippen LogP contribution in [0, 0.1) is 5.92 Å². The zero-order valence-electron chi connectivity index (χ0n) is 18.2. The fourth-order valence-corrected chi connectivity index (χ4v) is 4.50. The molecule has 1 heterocycles. The fraction of sp³-hybridized carbons (Fsp3) is 0.280. The molecule has 4 rings (SSSR count). The van der Waals surface area contributed by atoms with Gasteiger partial charge in [-0.3, -0.25) is 9.59 Å². The minimum Gasteiger partial charge on any atom is -0.377 e. The molecule has 0 saturated heterocycles. The van der Waals surface area contributed by atoms with Crippen LogP contribution in [0.5, 0.6) is 0 Å². The zero-order valence-corrected chi connectivity index (χ0v) is 19.7. The number of thiophene rings is 1. The van der Waals surface area contributed by atoms with E-state index in [1.165, 1.54) is 11.3 Å². The lowest BCUT2D eigenvalue weighted by Crippen LogP contribution is -2.33. The van der Waals surface area contributed by atoms with E-state index in [1.807, 2.05) is 65.7 Å². The number of benzene rings is 2. The number of carbonyl (C=O) groups excluding carboxylic acids is 2. The second-order valence-electron chi connectivity index (χ2n) is 8.28. The molecule has 3 aromatic rings. The van der Waals surface area contributed by atoms with Crippen molar-refractivity contribution in [1.82, 2.24) is 4.90 Å². The van der Waals surface area contributed by atoms with Crippen molar-refractivity contribution in [3.8, 4) is 0 Å². The van der Waals surface area contributed by atoms with Crippen LogP contribution in [-0.2, 0) is 6.54 Å². The molecule has 0 aliphatic heterocycles. The van der Waals surface area contributed by atoms with E-state index in [-0.39, 0.29) is 11.8 Å². The van der Waals surface area contributed by atoms with Gasteiger partial charge in [0, 0.05) is 38.6 Å². The molecule has 0 bridgehead atoms. The van der Waals surface area contributed by atoms with Crippen LogP contribution in [0.1, 0.15) is 38.4 Å². The molecular weight excluding hydrogens is 442 g/mol. The number of anilines is 2. The molecule has 0 spiro atoms. The molecule has 2 amide bonds. The van der Waals surface area contributed by atoms with Crippen LogP contribution in [-0.4, -0.2) is 37.4 Å². The number of carbonyl (C=O) groups is 2. The molecule has 1 N–H and O–H groups in total. The van der Waals surface area contributed by atoms with Crippen LogP contribution in [0.2, 0.25) is 5.02 Å². The number of nitrogens with one attached hydrogen (secondary N) is 1. The Labute approximate surface area is 197 Å². The Balaban J connectivity index is 1.62. The van der Waals surface area contributed by atoms with Gasteiger partial charge in [0.25, 0.3) is 11.8 Å². The van der Waals surface area contributed by atoms with Crippen molar-refractivity contribution in [2.45, 2.75) is 19.4 Å². The zero-order chi connectivity index (χ0) is 22.7. The highest BCUT2D eigenvalue weighted by molar-refractivity contribution is 7.12. The molecule has 5 nitrogen and oxygen atoms in total. The van der Waals surface area contributed by atoms with Crippen molar-refractivity contribution in [3.05, 3.63) is 81.0 Å². The summed E-state index contributed by atoms with van der Waals surface area (Å²) < 4.78 is 0. The lowest BCUT2D eigenvalue weighted by molar-refractivity contribution is 0.0735. The Bertz CT molecular complexity index is 1110. The summed E-state index contributed by atoms with van der Waals surface area (Å²) in [6.45, 7) is 1.14. The van der Waals surface area contributed by atoms with Crippen LogP contribution in [0.15, 0.2) is 60.0 Å². The molecular formula is C25H26ClN3O2S. The van der Waals surface area contributed by atoms with Gasteiger partial charge in [0.05, 0.1) is 15.5 Å². The van der Waals surface area contributed by atoms with Crippen molar-refractivity contribution in [2.75, 3.05) is 30.9 Å². The maximum absolute atomic E-state index is 13.4. The van der Waals surface area contributed by atoms with Gasteiger partial charge >= 0.3 is 0 Å². The van der Waals surface area contributed by atoms with Crippen LogP contribution in [0.4, 0.5) is 11.4 Å². The van der Waals surface area contributed by atoms with Gasteiger partial charge in [-0.05, 0) is 66.1 Å². The summed E-state index contributed by atoms with van der Waals surface area (Å²) in [4.78, 5) is 30.5. The average Bonchev–Trinajstić information content (AvgIpc) is 3.41. The molecule has 7 heteroatoms. The topological polar surface area (TPSA) is 52.7 Å². The Hall–Kier alpha value is -2.83. The van der Waals surface area contributed by atoms with E-state index in [1.54, 1.807) is 18.2 Å². The first kappa shape index (κ1) is 22.4. The quantitative estimate of drug-likeness (QED) is 0.457. The minimum atomic E-state index is -0.134. The van der Waals surface area contributed by atoms with E-state index in [2.05, 4.69) is 5.32 Å².